The van der Waals surface area contributed by atoms with Crippen molar-refractivity contribution in [1.29, 1.82) is 0 Å². The standard InChI is InChI=1S/C14H14ClN3O/c15-12-3-5-13(6-4-12)18-10-11(9-16-18)14(19)17-7-1-2-8-17/h3-6,9-10H,1-2,7-8H2. The van der Waals surface area contributed by atoms with E-state index < -0.39 is 0 Å². The van der Waals surface area contributed by atoms with Gasteiger partial charge in [-0.1, -0.05) is 11.6 Å². The second-order valence-corrected chi connectivity index (χ2v) is 5.09. The minimum Gasteiger partial charge on any atom is -0.339 e. The number of hydrogen-bond acceptors (Lipinski definition) is 2. The van der Waals surface area contributed by atoms with Gasteiger partial charge in [0.05, 0.1) is 17.4 Å². The van der Waals surface area contributed by atoms with E-state index in [1.165, 1.54) is 0 Å². The van der Waals surface area contributed by atoms with Crippen LogP contribution < -0.4 is 0 Å². The number of halogens is 1. The summed E-state index contributed by atoms with van der Waals surface area (Å²) in [6.45, 7) is 1.70. The first-order chi connectivity index (χ1) is 9.24. The summed E-state index contributed by atoms with van der Waals surface area (Å²) >= 11 is 5.85. The van der Waals surface area contributed by atoms with Crippen LogP contribution >= 0.6 is 11.6 Å². The van der Waals surface area contributed by atoms with Crippen LogP contribution in [-0.2, 0) is 0 Å². The number of hydrogen-bond donors (Lipinski definition) is 0. The lowest BCUT2D eigenvalue weighted by Gasteiger charge is -2.13. The van der Waals surface area contributed by atoms with Crippen LogP contribution in [0.4, 0.5) is 0 Å². The summed E-state index contributed by atoms with van der Waals surface area (Å²) in [5.74, 6) is 0.0673. The maximum atomic E-state index is 12.2. The summed E-state index contributed by atoms with van der Waals surface area (Å²) in [6.07, 6.45) is 5.58. The highest BCUT2D eigenvalue weighted by molar-refractivity contribution is 6.30. The van der Waals surface area contributed by atoms with Gasteiger partial charge in [-0.2, -0.15) is 5.10 Å². The molecule has 2 heterocycles. The highest BCUT2D eigenvalue weighted by atomic mass is 35.5. The van der Waals surface area contributed by atoms with E-state index in [0.717, 1.165) is 31.6 Å². The molecule has 1 aliphatic rings. The molecule has 0 saturated carbocycles. The minimum absolute atomic E-state index is 0.0673. The Morgan fingerprint density at radius 3 is 2.53 bits per heavy atom. The average Bonchev–Trinajstić information content (AvgIpc) is 3.10. The molecule has 0 spiro atoms. The summed E-state index contributed by atoms with van der Waals surface area (Å²) in [4.78, 5) is 14.1. The lowest BCUT2D eigenvalue weighted by atomic mass is 10.3. The van der Waals surface area contributed by atoms with Crippen molar-refractivity contribution in [3.63, 3.8) is 0 Å². The van der Waals surface area contributed by atoms with Gasteiger partial charge >= 0.3 is 0 Å². The maximum Gasteiger partial charge on any atom is 0.257 e. The summed E-state index contributed by atoms with van der Waals surface area (Å²) < 4.78 is 1.69. The Labute approximate surface area is 116 Å². The lowest BCUT2D eigenvalue weighted by Crippen LogP contribution is -2.27. The Bertz CT molecular complexity index is 585. The zero-order chi connectivity index (χ0) is 13.2. The summed E-state index contributed by atoms with van der Waals surface area (Å²) in [5.41, 5.74) is 1.53. The van der Waals surface area contributed by atoms with Crippen LogP contribution in [0.1, 0.15) is 23.2 Å². The van der Waals surface area contributed by atoms with Crippen LogP contribution in [-0.4, -0.2) is 33.7 Å². The molecule has 19 heavy (non-hydrogen) atoms. The molecule has 1 aromatic carbocycles. The molecular weight excluding hydrogens is 262 g/mol. The highest BCUT2D eigenvalue weighted by Crippen LogP contribution is 2.16. The molecule has 98 valence electrons. The van der Waals surface area contributed by atoms with E-state index in [-0.39, 0.29) is 5.91 Å². The van der Waals surface area contributed by atoms with E-state index in [4.69, 9.17) is 11.6 Å². The molecule has 1 fully saturated rings. The molecule has 0 N–H and O–H groups in total. The molecule has 1 aromatic heterocycles. The summed E-state index contributed by atoms with van der Waals surface area (Å²) in [7, 11) is 0. The number of likely N-dealkylation sites (tertiary alicyclic amines) is 1. The highest BCUT2D eigenvalue weighted by Gasteiger charge is 2.20. The molecule has 0 aliphatic carbocycles. The van der Waals surface area contributed by atoms with Crippen molar-refractivity contribution >= 4 is 17.5 Å². The average molecular weight is 276 g/mol. The van der Waals surface area contributed by atoms with Gasteiger partial charge in [0.15, 0.2) is 0 Å². The molecule has 2 aromatic rings. The van der Waals surface area contributed by atoms with Crippen LogP contribution in [0.5, 0.6) is 0 Å². The van der Waals surface area contributed by atoms with Crippen LogP contribution in [0.15, 0.2) is 36.7 Å². The van der Waals surface area contributed by atoms with Crippen molar-refractivity contribution in [3.05, 3.63) is 47.2 Å². The second-order valence-electron chi connectivity index (χ2n) is 4.65. The molecule has 1 aliphatic heterocycles. The van der Waals surface area contributed by atoms with Gasteiger partial charge in [-0.15, -0.1) is 0 Å². The topological polar surface area (TPSA) is 38.1 Å². The molecule has 0 atom stereocenters. The van der Waals surface area contributed by atoms with Gasteiger partial charge in [-0.25, -0.2) is 4.68 Å². The van der Waals surface area contributed by atoms with Crippen LogP contribution in [0, 0.1) is 0 Å². The zero-order valence-corrected chi connectivity index (χ0v) is 11.2. The van der Waals surface area contributed by atoms with Crippen LogP contribution in [0.3, 0.4) is 0 Å². The molecule has 5 heteroatoms. The fourth-order valence-corrected chi connectivity index (χ4v) is 2.40. The van der Waals surface area contributed by atoms with Gasteiger partial charge in [0, 0.05) is 24.3 Å². The zero-order valence-electron chi connectivity index (χ0n) is 10.4. The van der Waals surface area contributed by atoms with Gasteiger partial charge in [-0.05, 0) is 37.1 Å². The van der Waals surface area contributed by atoms with E-state index in [1.807, 2.05) is 17.0 Å². The third-order valence-electron chi connectivity index (χ3n) is 3.31. The fourth-order valence-electron chi connectivity index (χ4n) is 2.27. The predicted molar refractivity (Wildman–Crippen MR) is 73.7 cm³/mol. The third kappa shape index (κ3) is 2.49. The molecule has 1 saturated heterocycles. The monoisotopic (exact) mass is 275 g/mol. The third-order valence-corrected chi connectivity index (χ3v) is 3.57. The molecule has 0 radical (unpaired) electrons. The lowest BCUT2D eigenvalue weighted by molar-refractivity contribution is 0.0793. The second kappa shape index (κ2) is 5.05. The van der Waals surface area contributed by atoms with Crippen molar-refractivity contribution in [3.8, 4) is 5.69 Å². The Kier molecular flexibility index (Phi) is 3.25. The Morgan fingerprint density at radius 1 is 1.16 bits per heavy atom. The number of nitrogens with zero attached hydrogens (tertiary/aromatic N) is 3. The van der Waals surface area contributed by atoms with Crippen LogP contribution in [0.2, 0.25) is 5.02 Å². The Hall–Kier alpha value is -1.81. The van der Waals surface area contributed by atoms with Gasteiger partial charge in [0.25, 0.3) is 5.91 Å². The van der Waals surface area contributed by atoms with Crippen molar-refractivity contribution in [2.45, 2.75) is 12.8 Å². The minimum atomic E-state index is 0.0673. The summed E-state index contributed by atoms with van der Waals surface area (Å²) in [5, 5.41) is 4.92. The van der Waals surface area contributed by atoms with Crippen LogP contribution in [0.25, 0.3) is 5.69 Å². The molecule has 3 rings (SSSR count). The predicted octanol–water partition coefficient (Wildman–Crippen LogP) is 2.76. The number of carbonyl (C=O) groups is 1. The fraction of sp³-hybridized carbons (Fsp3) is 0.286. The number of carbonyl (C=O) groups excluding carboxylic acids is 1. The van der Waals surface area contributed by atoms with Gasteiger partial charge in [-0.3, -0.25) is 4.79 Å². The maximum absolute atomic E-state index is 12.2. The van der Waals surface area contributed by atoms with E-state index in [1.54, 1.807) is 29.2 Å². The molecule has 0 bridgehead atoms. The first-order valence-electron chi connectivity index (χ1n) is 6.34. The molecule has 1 amide bonds. The van der Waals surface area contributed by atoms with Gasteiger partial charge < -0.3 is 4.90 Å². The van der Waals surface area contributed by atoms with Crippen molar-refractivity contribution in [2.75, 3.05) is 13.1 Å². The van der Waals surface area contributed by atoms with E-state index in [9.17, 15) is 4.79 Å². The van der Waals surface area contributed by atoms with Gasteiger partial charge in [0.1, 0.15) is 0 Å². The SMILES string of the molecule is O=C(c1cnn(-c2ccc(Cl)cc2)c1)N1CCCC1. The Balaban J connectivity index is 1.82. The molecular formula is C14H14ClN3O. The number of aromatic nitrogens is 2. The quantitative estimate of drug-likeness (QED) is 0.845. The number of benzene rings is 1. The first kappa shape index (κ1) is 12.2. The number of amides is 1. The smallest absolute Gasteiger partial charge is 0.257 e. The van der Waals surface area contributed by atoms with Crippen molar-refractivity contribution in [2.24, 2.45) is 0 Å². The van der Waals surface area contributed by atoms with E-state index in [2.05, 4.69) is 5.10 Å². The molecule has 4 nitrogen and oxygen atoms in total. The van der Waals surface area contributed by atoms with Crippen molar-refractivity contribution < 1.29 is 4.79 Å². The summed E-state index contributed by atoms with van der Waals surface area (Å²) in [6, 6.07) is 7.36. The Morgan fingerprint density at radius 2 is 1.84 bits per heavy atom. The van der Waals surface area contributed by atoms with E-state index >= 15 is 0 Å². The normalized spacial score (nSPS) is 14.9. The number of rotatable bonds is 2. The first-order valence-corrected chi connectivity index (χ1v) is 6.72. The van der Waals surface area contributed by atoms with E-state index in [0.29, 0.717) is 10.6 Å². The van der Waals surface area contributed by atoms with Crippen molar-refractivity contribution in [1.82, 2.24) is 14.7 Å². The van der Waals surface area contributed by atoms with Gasteiger partial charge in [0.2, 0.25) is 0 Å². The molecule has 0 unspecified atom stereocenters. The largest absolute Gasteiger partial charge is 0.339 e.